The van der Waals surface area contributed by atoms with Crippen LogP contribution in [0.4, 0.5) is 24.7 Å². The molecule has 190 valence electrons. The molecule has 4 rings (SSSR count). The molecule has 0 saturated carbocycles. The van der Waals surface area contributed by atoms with Gasteiger partial charge in [0.25, 0.3) is 5.91 Å². The molecule has 2 amide bonds. The van der Waals surface area contributed by atoms with Gasteiger partial charge in [-0.05, 0) is 35.9 Å². The number of amides is 2. The predicted octanol–water partition coefficient (Wildman–Crippen LogP) is 3.47. The molecule has 0 fully saturated rings. The second-order valence-corrected chi connectivity index (χ2v) is 7.69. The Morgan fingerprint density at radius 2 is 1.86 bits per heavy atom. The van der Waals surface area contributed by atoms with Crippen molar-refractivity contribution in [2.75, 3.05) is 24.7 Å². The van der Waals surface area contributed by atoms with Crippen LogP contribution >= 0.6 is 0 Å². The Morgan fingerprint density at radius 1 is 1.16 bits per heavy atom. The zero-order chi connectivity index (χ0) is 26.7. The smallest absolute Gasteiger partial charge is 0.405 e. The highest BCUT2D eigenvalue weighted by Crippen LogP contribution is 2.39. The van der Waals surface area contributed by atoms with Crippen molar-refractivity contribution in [3.8, 4) is 28.1 Å². The highest BCUT2D eigenvalue weighted by Gasteiger charge is 2.29. The number of benzene rings is 2. The number of anilines is 2. The topological polar surface area (TPSA) is 137 Å². The summed E-state index contributed by atoms with van der Waals surface area (Å²) in [5.41, 5.74) is 9.06. The van der Waals surface area contributed by atoms with E-state index in [1.165, 1.54) is 36.3 Å². The third kappa shape index (κ3) is 5.34. The number of fused-ring (bicyclic) bond motifs is 1. The van der Waals surface area contributed by atoms with Crippen molar-refractivity contribution in [3.05, 3.63) is 67.0 Å². The van der Waals surface area contributed by atoms with Crippen molar-refractivity contribution in [3.63, 3.8) is 0 Å². The number of nitrogens with two attached hydrogens (primary N) is 1. The number of hydrogen-bond donors (Lipinski definition) is 3. The molecule has 10 nitrogen and oxygen atoms in total. The number of halogens is 3. The first kappa shape index (κ1) is 25.2. The van der Waals surface area contributed by atoms with Crippen LogP contribution in [0.2, 0.25) is 0 Å². The van der Waals surface area contributed by atoms with Gasteiger partial charge in [-0.1, -0.05) is 24.8 Å². The molecule has 0 atom stereocenters. The normalized spacial score (nSPS) is 11.2. The minimum Gasteiger partial charge on any atom is -0.496 e. The SMILES string of the molecule is C=CC(=O)Nc1ccc(-c2nn3ncnc(N)c3c2-c2ccc(C(=O)NCC(F)(F)F)c(OC)c2)cc1. The number of methoxy groups -OCH3 is 1. The number of nitrogen functional groups attached to an aromatic ring is 1. The van der Waals surface area contributed by atoms with Crippen LogP contribution in [0, 0.1) is 0 Å². The van der Waals surface area contributed by atoms with Crippen molar-refractivity contribution in [2.24, 2.45) is 0 Å². The van der Waals surface area contributed by atoms with Gasteiger partial charge in [-0.25, -0.2) is 4.98 Å². The van der Waals surface area contributed by atoms with E-state index in [2.05, 4.69) is 27.1 Å². The maximum atomic E-state index is 12.6. The van der Waals surface area contributed by atoms with E-state index in [-0.39, 0.29) is 23.0 Å². The number of carbonyl (C=O) groups excluding carboxylic acids is 2. The molecular weight excluding hydrogens is 491 g/mol. The van der Waals surface area contributed by atoms with E-state index in [1.807, 2.05) is 5.32 Å². The van der Waals surface area contributed by atoms with Crippen molar-refractivity contribution in [1.29, 1.82) is 0 Å². The van der Waals surface area contributed by atoms with Crippen LogP contribution in [0.5, 0.6) is 5.75 Å². The second-order valence-electron chi connectivity index (χ2n) is 7.69. The fraction of sp³-hybridized carbons (Fsp3) is 0.125. The molecule has 0 aliphatic rings. The van der Waals surface area contributed by atoms with Crippen LogP contribution < -0.4 is 21.1 Å². The predicted molar refractivity (Wildman–Crippen MR) is 130 cm³/mol. The van der Waals surface area contributed by atoms with Gasteiger partial charge < -0.3 is 21.1 Å². The van der Waals surface area contributed by atoms with E-state index in [4.69, 9.17) is 10.5 Å². The van der Waals surface area contributed by atoms with Crippen LogP contribution in [0.15, 0.2) is 61.4 Å². The number of nitrogens with zero attached hydrogens (tertiary/aromatic N) is 4. The van der Waals surface area contributed by atoms with Gasteiger partial charge in [-0.15, -0.1) is 14.8 Å². The maximum absolute atomic E-state index is 12.6. The van der Waals surface area contributed by atoms with Crippen molar-refractivity contribution >= 4 is 28.8 Å². The van der Waals surface area contributed by atoms with Gasteiger partial charge in [-0.2, -0.15) is 13.2 Å². The molecule has 0 radical (unpaired) electrons. The molecule has 0 aliphatic carbocycles. The number of rotatable bonds is 7. The molecule has 0 spiro atoms. The summed E-state index contributed by atoms with van der Waals surface area (Å²) in [4.78, 5) is 28.0. The lowest BCUT2D eigenvalue weighted by Gasteiger charge is -2.13. The maximum Gasteiger partial charge on any atom is 0.405 e. The molecule has 2 aromatic heterocycles. The third-order valence-corrected chi connectivity index (χ3v) is 5.26. The summed E-state index contributed by atoms with van der Waals surface area (Å²) in [5.74, 6) is -1.14. The van der Waals surface area contributed by atoms with E-state index in [0.29, 0.717) is 33.6 Å². The number of nitrogens with one attached hydrogen (secondary N) is 2. The summed E-state index contributed by atoms with van der Waals surface area (Å²) < 4.78 is 44.3. The van der Waals surface area contributed by atoms with Crippen molar-refractivity contribution in [1.82, 2.24) is 25.1 Å². The Kier molecular flexibility index (Phi) is 6.78. The van der Waals surface area contributed by atoms with E-state index >= 15 is 0 Å². The highest BCUT2D eigenvalue weighted by atomic mass is 19.4. The Morgan fingerprint density at radius 3 is 2.51 bits per heavy atom. The third-order valence-electron chi connectivity index (χ3n) is 5.26. The zero-order valence-electron chi connectivity index (χ0n) is 19.3. The van der Waals surface area contributed by atoms with Gasteiger partial charge in [0.1, 0.15) is 29.8 Å². The lowest BCUT2D eigenvalue weighted by Crippen LogP contribution is -2.33. The van der Waals surface area contributed by atoms with Gasteiger partial charge in [0, 0.05) is 16.8 Å². The highest BCUT2D eigenvalue weighted by molar-refractivity contribution is 6.01. The molecule has 0 aliphatic heterocycles. The lowest BCUT2D eigenvalue weighted by atomic mass is 9.98. The summed E-state index contributed by atoms with van der Waals surface area (Å²) in [7, 11) is 1.30. The standard InChI is InChI=1S/C24H20F3N7O3/c1-3-18(35)32-15-7-4-13(5-8-15)20-19(21-22(28)30-12-31-34(21)33-20)14-6-9-16(17(10-14)37-2)23(36)29-11-24(25,26)27/h3-10,12H,1,11H2,2H3,(H,29,36)(H,32,35)(H2,28,30,31). The molecule has 0 bridgehead atoms. The van der Waals surface area contributed by atoms with Gasteiger partial charge in [0.05, 0.1) is 12.7 Å². The molecule has 4 aromatic rings. The van der Waals surface area contributed by atoms with E-state index < -0.39 is 18.6 Å². The van der Waals surface area contributed by atoms with Gasteiger partial charge in [-0.3, -0.25) is 9.59 Å². The van der Waals surface area contributed by atoms with Crippen LogP contribution in [0.3, 0.4) is 0 Å². The summed E-state index contributed by atoms with van der Waals surface area (Å²) in [6, 6.07) is 11.2. The summed E-state index contributed by atoms with van der Waals surface area (Å²) in [6.45, 7) is 1.94. The molecule has 2 aromatic carbocycles. The quantitative estimate of drug-likeness (QED) is 0.323. The first-order chi connectivity index (χ1) is 17.6. The number of alkyl halides is 3. The number of carbonyl (C=O) groups is 2. The van der Waals surface area contributed by atoms with Crippen molar-refractivity contribution in [2.45, 2.75) is 6.18 Å². The average molecular weight is 511 g/mol. The Labute approximate surface area is 207 Å². The second kappa shape index (κ2) is 9.97. The van der Waals surface area contributed by atoms with E-state index in [1.54, 1.807) is 24.3 Å². The molecule has 4 N–H and O–H groups in total. The first-order valence-corrected chi connectivity index (χ1v) is 10.7. The van der Waals surface area contributed by atoms with Gasteiger partial charge in [0.15, 0.2) is 5.82 Å². The summed E-state index contributed by atoms with van der Waals surface area (Å²) in [6.07, 6.45) is -2.17. The van der Waals surface area contributed by atoms with Crippen molar-refractivity contribution < 1.29 is 27.5 Å². The average Bonchev–Trinajstić information content (AvgIpc) is 3.27. The monoisotopic (exact) mass is 511 g/mol. The summed E-state index contributed by atoms with van der Waals surface area (Å²) >= 11 is 0. The van der Waals surface area contributed by atoms with E-state index in [0.717, 1.165) is 6.08 Å². The molecule has 2 heterocycles. The van der Waals surface area contributed by atoms with Crippen LogP contribution in [-0.2, 0) is 4.79 Å². The fourth-order valence-electron chi connectivity index (χ4n) is 3.61. The Hall–Kier alpha value is -4.94. The lowest BCUT2D eigenvalue weighted by molar-refractivity contribution is -0.123. The van der Waals surface area contributed by atoms with E-state index in [9.17, 15) is 22.8 Å². The minimum absolute atomic E-state index is 0.0420. The molecule has 13 heteroatoms. The molecule has 0 saturated heterocycles. The zero-order valence-corrected chi connectivity index (χ0v) is 19.3. The molecular formula is C24H20F3N7O3. The number of ether oxygens (including phenoxy) is 1. The van der Waals surface area contributed by atoms with Crippen LogP contribution in [-0.4, -0.2) is 51.5 Å². The number of hydrogen-bond acceptors (Lipinski definition) is 7. The van der Waals surface area contributed by atoms with Gasteiger partial charge in [0.2, 0.25) is 5.91 Å². The first-order valence-electron chi connectivity index (χ1n) is 10.7. The summed E-state index contributed by atoms with van der Waals surface area (Å²) in [5, 5.41) is 13.1. The van der Waals surface area contributed by atoms with Gasteiger partial charge >= 0.3 is 6.18 Å². The fourth-order valence-corrected chi connectivity index (χ4v) is 3.61. The van der Waals surface area contributed by atoms with Crippen LogP contribution in [0.25, 0.3) is 27.9 Å². The minimum atomic E-state index is -4.56. The Balaban J connectivity index is 1.81. The molecule has 37 heavy (non-hydrogen) atoms. The Bertz CT molecular complexity index is 1500. The van der Waals surface area contributed by atoms with Crippen LogP contribution in [0.1, 0.15) is 10.4 Å². The number of aromatic nitrogens is 4. The molecule has 0 unspecified atom stereocenters. The largest absolute Gasteiger partial charge is 0.496 e.